The second kappa shape index (κ2) is 7.73. The van der Waals surface area contributed by atoms with E-state index in [9.17, 15) is 0 Å². The highest BCUT2D eigenvalue weighted by Crippen LogP contribution is 2.23. The van der Waals surface area contributed by atoms with Crippen molar-refractivity contribution in [2.24, 2.45) is 7.05 Å². The highest BCUT2D eigenvalue weighted by molar-refractivity contribution is 7.98. The van der Waals surface area contributed by atoms with E-state index in [4.69, 9.17) is 16.3 Å². The fraction of sp³-hybridized carbons (Fsp3) is 0.222. The van der Waals surface area contributed by atoms with Crippen molar-refractivity contribution in [3.05, 3.63) is 70.5 Å². The maximum Gasteiger partial charge on any atom is 0.191 e. The molecule has 0 spiro atoms. The van der Waals surface area contributed by atoms with Crippen molar-refractivity contribution in [1.29, 1.82) is 0 Å². The normalized spacial score (nSPS) is 10.8. The van der Waals surface area contributed by atoms with Gasteiger partial charge in [0.15, 0.2) is 5.16 Å². The minimum absolute atomic E-state index is 0.745. The predicted molar refractivity (Wildman–Crippen MR) is 97.8 cm³/mol. The first-order chi connectivity index (χ1) is 11.7. The van der Waals surface area contributed by atoms with Gasteiger partial charge in [-0.15, -0.1) is 10.2 Å². The largest absolute Gasteiger partial charge is 0.497 e. The monoisotopic (exact) mass is 359 g/mol. The zero-order chi connectivity index (χ0) is 16.9. The lowest BCUT2D eigenvalue weighted by molar-refractivity contribution is 0.414. The summed E-state index contributed by atoms with van der Waals surface area (Å²) >= 11 is 7.58. The third-order valence-electron chi connectivity index (χ3n) is 3.73. The average molecular weight is 360 g/mol. The van der Waals surface area contributed by atoms with Crippen molar-refractivity contribution >= 4 is 23.4 Å². The zero-order valence-corrected chi connectivity index (χ0v) is 15.1. The fourth-order valence-corrected chi connectivity index (χ4v) is 3.29. The number of rotatable bonds is 6. The lowest BCUT2D eigenvalue weighted by Gasteiger charge is -2.05. The molecule has 0 saturated heterocycles. The Morgan fingerprint density at radius 2 is 1.67 bits per heavy atom. The summed E-state index contributed by atoms with van der Waals surface area (Å²) in [7, 11) is 3.67. The Kier molecular flexibility index (Phi) is 5.43. The number of nitrogens with zero attached hydrogens (tertiary/aromatic N) is 3. The molecule has 0 aliphatic heterocycles. The van der Waals surface area contributed by atoms with Crippen LogP contribution in [-0.4, -0.2) is 21.9 Å². The average Bonchev–Trinajstić information content (AvgIpc) is 2.95. The van der Waals surface area contributed by atoms with Crippen LogP contribution < -0.4 is 4.74 Å². The molecule has 2 aromatic carbocycles. The molecule has 0 bridgehead atoms. The van der Waals surface area contributed by atoms with Gasteiger partial charge in [-0.2, -0.15) is 0 Å². The summed E-state index contributed by atoms with van der Waals surface area (Å²) in [5.74, 6) is 2.64. The third kappa shape index (κ3) is 4.10. The Morgan fingerprint density at radius 1 is 1.00 bits per heavy atom. The van der Waals surface area contributed by atoms with Crippen LogP contribution in [0.25, 0.3) is 0 Å². The van der Waals surface area contributed by atoms with E-state index in [-0.39, 0.29) is 0 Å². The van der Waals surface area contributed by atoms with E-state index in [1.165, 1.54) is 11.1 Å². The molecule has 0 radical (unpaired) electrons. The molecule has 3 aromatic rings. The molecule has 0 unspecified atom stereocenters. The highest BCUT2D eigenvalue weighted by Gasteiger charge is 2.10. The van der Waals surface area contributed by atoms with Crippen LogP contribution in [0.4, 0.5) is 0 Å². The van der Waals surface area contributed by atoms with Gasteiger partial charge in [-0.05, 0) is 35.4 Å². The number of ether oxygens (including phenoxy) is 1. The Morgan fingerprint density at radius 3 is 2.33 bits per heavy atom. The van der Waals surface area contributed by atoms with Crippen molar-refractivity contribution in [3.63, 3.8) is 0 Å². The molecular weight excluding hydrogens is 342 g/mol. The van der Waals surface area contributed by atoms with Crippen molar-refractivity contribution in [1.82, 2.24) is 14.8 Å². The van der Waals surface area contributed by atoms with E-state index in [2.05, 4.69) is 10.2 Å². The molecule has 1 aromatic heterocycles. The molecule has 0 fully saturated rings. The van der Waals surface area contributed by atoms with Crippen LogP contribution in [0.2, 0.25) is 5.02 Å². The van der Waals surface area contributed by atoms with Crippen molar-refractivity contribution in [3.8, 4) is 5.75 Å². The van der Waals surface area contributed by atoms with E-state index < -0.39 is 0 Å². The topological polar surface area (TPSA) is 39.9 Å². The minimum atomic E-state index is 0.745. The van der Waals surface area contributed by atoms with Crippen LogP contribution in [0, 0.1) is 0 Å². The van der Waals surface area contributed by atoms with E-state index in [1.807, 2.05) is 60.1 Å². The molecule has 6 heteroatoms. The van der Waals surface area contributed by atoms with Crippen LogP contribution in [0.3, 0.4) is 0 Å². The second-order valence-corrected chi connectivity index (χ2v) is 6.78. The summed E-state index contributed by atoms with van der Waals surface area (Å²) in [5, 5.41) is 10.3. The van der Waals surface area contributed by atoms with E-state index in [0.717, 1.165) is 33.9 Å². The van der Waals surface area contributed by atoms with Gasteiger partial charge in [0.25, 0.3) is 0 Å². The molecule has 3 rings (SSSR count). The molecule has 0 saturated carbocycles. The Balaban J connectivity index is 1.65. The molecular formula is C18H18ClN3OS. The van der Waals surface area contributed by atoms with Gasteiger partial charge in [-0.1, -0.05) is 47.6 Å². The fourth-order valence-electron chi connectivity index (χ4n) is 2.28. The summed E-state index contributed by atoms with van der Waals surface area (Å²) in [6.45, 7) is 0. The SMILES string of the molecule is COc1ccc(Cc2nnc(SCc3ccc(Cl)cc3)n2C)cc1. The van der Waals surface area contributed by atoms with Gasteiger partial charge in [0.2, 0.25) is 0 Å². The molecule has 0 aliphatic carbocycles. The number of benzene rings is 2. The van der Waals surface area contributed by atoms with Gasteiger partial charge in [0.1, 0.15) is 11.6 Å². The van der Waals surface area contributed by atoms with Crippen LogP contribution in [0.5, 0.6) is 5.75 Å². The molecule has 0 N–H and O–H groups in total. The summed E-state index contributed by atoms with van der Waals surface area (Å²) in [4.78, 5) is 0. The van der Waals surface area contributed by atoms with Crippen LogP contribution in [0.15, 0.2) is 53.7 Å². The molecule has 0 aliphatic rings. The smallest absolute Gasteiger partial charge is 0.191 e. The summed E-state index contributed by atoms with van der Waals surface area (Å²) in [6, 6.07) is 15.9. The number of hydrogen-bond donors (Lipinski definition) is 0. The van der Waals surface area contributed by atoms with Gasteiger partial charge >= 0.3 is 0 Å². The lowest BCUT2D eigenvalue weighted by Crippen LogP contribution is -2.00. The molecule has 24 heavy (non-hydrogen) atoms. The van der Waals surface area contributed by atoms with Crippen LogP contribution in [0.1, 0.15) is 17.0 Å². The molecule has 4 nitrogen and oxygen atoms in total. The second-order valence-electron chi connectivity index (χ2n) is 5.40. The number of thioether (sulfide) groups is 1. The molecule has 0 amide bonds. The molecule has 124 valence electrons. The van der Waals surface area contributed by atoms with Gasteiger partial charge in [-0.25, -0.2) is 0 Å². The first-order valence-electron chi connectivity index (χ1n) is 7.54. The number of aromatic nitrogens is 3. The first-order valence-corrected chi connectivity index (χ1v) is 8.90. The maximum atomic E-state index is 5.91. The van der Waals surface area contributed by atoms with E-state index in [1.54, 1.807) is 18.9 Å². The minimum Gasteiger partial charge on any atom is -0.497 e. The van der Waals surface area contributed by atoms with Crippen LogP contribution >= 0.6 is 23.4 Å². The maximum absolute atomic E-state index is 5.91. The highest BCUT2D eigenvalue weighted by atomic mass is 35.5. The standard InChI is InChI=1S/C18H18ClN3OS/c1-22-17(11-13-5-9-16(23-2)10-6-13)20-21-18(22)24-12-14-3-7-15(19)8-4-14/h3-10H,11-12H2,1-2H3. The zero-order valence-electron chi connectivity index (χ0n) is 13.6. The van der Waals surface area contributed by atoms with E-state index in [0.29, 0.717) is 0 Å². The summed E-state index contributed by atoms with van der Waals surface area (Å²) in [6.07, 6.45) is 0.745. The van der Waals surface area contributed by atoms with Crippen LogP contribution in [-0.2, 0) is 19.2 Å². The van der Waals surface area contributed by atoms with Gasteiger partial charge < -0.3 is 9.30 Å². The number of hydrogen-bond acceptors (Lipinski definition) is 4. The van der Waals surface area contributed by atoms with Gasteiger partial charge in [-0.3, -0.25) is 0 Å². The third-order valence-corrected chi connectivity index (χ3v) is 5.07. The Hall–Kier alpha value is -1.98. The summed E-state index contributed by atoms with van der Waals surface area (Å²) in [5.41, 5.74) is 2.39. The van der Waals surface area contributed by atoms with Gasteiger partial charge in [0.05, 0.1) is 7.11 Å². The Labute approximate surface area is 150 Å². The van der Waals surface area contributed by atoms with Crippen molar-refractivity contribution < 1.29 is 4.74 Å². The van der Waals surface area contributed by atoms with Gasteiger partial charge in [0, 0.05) is 24.2 Å². The Bertz CT molecular complexity index is 800. The number of methoxy groups -OCH3 is 1. The van der Waals surface area contributed by atoms with E-state index >= 15 is 0 Å². The lowest BCUT2D eigenvalue weighted by atomic mass is 10.1. The molecule has 1 heterocycles. The quantitative estimate of drug-likeness (QED) is 0.613. The first kappa shape index (κ1) is 16.9. The number of halogens is 1. The molecule has 0 atom stereocenters. The summed E-state index contributed by atoms with van der Waals surface area (Å²) < 4.78 is 7.23. The van der Waals surface area contributed by atoms with Crippen molar-refractivity contribution in [2.75, 3.05) is 7.11 Å². The van der Waals surface area contributed by atoms with Crippen molar-refractivity contribution in [2.45, 2.75) is 17.3 Å². The predicted octanol–water partition coefficient (Wildman–Crippen LogP) is 4.36.